The molecule has 4 saturated carbocycles. The molecule has 0 aliphatic heterocycles. The second kappa shape index (κ2) is 6.86. The van der Waals surface area contributed by atoms with E-state index in [9.17, 15) is 15.0 Å². The fraction of sp³-hybridized carbons (Fsp3) is 0.897. The average molecular weight is 443 g/mol. The van der Waals surface area contributed by atoms with E-state index in [0.29, 0.717) is 17.8 Å². The number of hydrogen-bond acceptors (Lipinski definition) is 2. The molecule has 2 N–H and O–H groups in total. The largest absolute Gasteiger partial charge is 0.481 e. The molecule has 5 rings (SSSR count). The number of aliphatic hydroxyl groups excluding tert-OH is 1. The van der Waals surface area contributed by atoms with E-state index in [1.165, 1.54) is 18.4 Å². The Bertz CT molecular complexity index is 843. The average Bonchev–Trinajstić information content (AvgIpc) is 2.71. The van der Waals surface area contributed by atoms with Crippen molar-refractivity contribution in [3.8, 4) is 0 Å². The van der Waals surface area contributed by atoms with E-state index in [1.807, 2.05) is 0 Å². The smallest absolute Gasteiger partial charge is 0.310 e. The van der Waals surface area contributed by atoms with Gasteiger partial charge in [0.2, 0.25) is 0 Å². The standard InChI is InChI=1S/C29H46O3/c1-18-19-9-12-28(6)26(4,20(19)7-8-23(18)30)11-10-21-22-17-25(2,3)13-15-29(22,24(31)32)16-14-27(21,28)5/h10,18-20,22-23,30H,7-9,11-17H2,1-6H3,(H,31,32)/t18-,19?,20?,22-,23-,26-,27+,28+,29-/m0/s1. The Hall–Kier alpha value is -0.830. The second-order valence-electron chi connectivity index (χ2n) is 14.1. The summed E-state index contributed by atoms with van der Waals surface area (Å²) in [7, 11) is 0. The zero-order valence-corrected chi connectivity index (χ0v) is 21.3. The minimum atomic E-state index is -0.550. The molecule has 0 aromatic carbocycles. The van der Waals surface area contributed by atoms with Crippen LogP contribution in [0.4, 0.5) is 0 Å². The lowest BCUT2D eigenvalue weighted by Crippen LogP contribution is -2.65. The summed E-state index contributed by atoms with van der Waals surface area (Å²) in [6, 6.07) is 0. The first-order valence-corrected chi connectivity index (χ1v) is 13.4. The highest BCUT2D eigenvalue weighted by Crippen LogP contribution is 2.76. The number of carbonyl (C=O) groups is 1. The Kier molecular flexibility index (Phi) is 4.92. The Labute approximate surface area is 195 Å². The van der Waals surface area contributed by atoms with Crippen LogP contribution in [0.2, 0.25) is 0 Å². The van der Waals surface area contributed by atoms with E-state index in [2.05, 4.69) is 47.6 Å². The molecular weight excluding hydrogens is 396 g/mol. The van der Waals surface area contributed by atoms with Gasteiger partial charge in [-0.2, -0.15) is 0 Å². The van der Waals surface area contributed by atoms with Crippen molar-refractivity contribution in [3.05, 3.63) is 11.6 Å². The molecule has 0 amide bonds. The predicted molar refractivity (Wildman–Crippen MR) is 128 cm³/mol. The molecule has 9 atom stereocenters. The summed E-state index contributed by atoms with van der Waals surface area (Å²) in [4.78, 5) is 12.7. The third-order valence-corrected chi connectivity index (χ3v) is 12.8. The van der Waals surface area contributed by atoms with Crippen LogP contribution in [0.15, 0.2) is 11.6 Å². The van der Waals surface area contributed by atoms with Crippen LogP contribution in [0.25, 0.3) is 0 Å². The van der Waals surface area contributed by atoms with Gasteiger partial charge in [0.05, 0.1) is 11.5 Å². The Morgan fingerprint density at radius 3 is 2.34 bits per heavy atom. The highest BCUT2D eigenvalue weighted by atomic mass is 16.4. The zero-order chi connectivity index (χ0) is 23.3. The molecule has 3 nitrogen and oxygen atoms in total. The van der Waals surface area contributed by atoms with Crippen LogP contribution in [0, 0.1) is 50.7 Å². The third kappa shape index (κ3) is 2.67. The van der Waals surface area contributed by atoms with Crippen molar-refractivity contribution >= 4 is 5.97 Å². The first kappa shape index (κ1) is 22.9. The van der Waals surface area contributed by atoms with Crippen molar-refractivity contribution in [1.82, 2.24) is 0 Å². The van der Waals surface area contributed by atoms with Crippen LogP contribution >= 0.6 is 0 Å². The predicted octanol–water partition coefficient (Wildman–Crippen LogP) is 6.84. The monoisotopic (exact) mass is 442 g/mol. The minimum absolute atomic E-state index is 0.0846. The lowest BCUT2D eigenvalue weighted by molar-refractivity contribution is -0.194. The molecule has 0 aromatic rings. The lowest BCUT2D eigenvalue weighted by Gasteiger charge is -2.71. The summed E-state index contributed by atoms with van der Waals surface area (Å²) < 4.78 is 0. The molecule has 0 saturated heterocycles. The topological polar surface area (TPSA) is 57.5 Å². The molecule has 3 heteroatoms. The van der Waals surface area contributed by atoms with Crippen LogP contribution in [-0.4, -0.2) is 22.3 Å². The third-order valence-electron chi connectivity index (χ3n) is 12.8. The molecule has 0 bridgehead atoms. The van der Waals surface area contributed by atoms with Gasteiger partial charge >= 0.3 is 5.97 Å². The van der Waals surface area contributed by atoms with Crippen molar-refractivity contribution in [3.63, 3.8) is 0 Å². The molecule has 4 fully saturated rings. The number of aliphatic carboxylic acids is 1. The highest BCUT2D eigenvalue weighted by molar-refractivity contribution is 5.76. The Balaban J connectivity index is 1.60. The summed E-state index contributed by atoms with van der Waals surface area (Å²) in [6.07, 6.45) is 12.8. The summed E-state index contributed by atoms with van der Waals surface area (Å²) >= 11 is 0. The van der Waals surface area contributed by atoms with Gasteiger partial charge in [-0.05, 0) is 110 Å². The van der Waals surface area contributed by atoms with Crippen LogP contribution in [0.3, 0.4) is 0 Å². The van der Waals surface area contributed by atoms with Crippen molar-refractivity contribution in [2.45, 2.75) is 112 Å². The number of fused-ring (bicyclic) bond motifs is 7. The fourth-order valence-corrected chi connectivity index (χ4v) is 10.1. The van der Waals surface area contributed by atoms with E-state index in [4.69, 9.17) is 0 Å². The quantitative estimate of drug-likeness (QED) is 0.437. The molecule has 32 heavy (non-hydrogen) atoms. The van der Waals surface area contributed by atoms with Gasteiger partial charge < -0.3 is 10.2 Å². The van der Waals surface area contributed by atoms with Crippen molar-refractivity contribution < 1.29 is 15.0 Å². The van der Waals surface area contributed by atoms with Gasteiger partial charge in [0.15, 0.2) is 0 Å². The van der Waals surface area contributed by atoms with E-state index in [1.54, 1.807) is 0 Å². The van der Waals surface area contributed by atoms with E-state index < -0.39 is 11.4 Å². The Morgan fingerprint density at radius 2 is 1.66 bits per heavy atom. The van der Waals surface area contributed by atoms with Crippen molar-refractivity contribution in [1.29, 1.82) is 0 Å². The van der Waals surface area contributed by atoms with Crippen LogP contribution in [-0.2, 0) is 4.79 Å². The number of carboxylic acids is 1. The highest BCUT2D eigenvalue weighted by Gasteiger charge is 2.69. The zero-order valence-electron chi connectivity index (χ0n) is 21.3. The number of aliphatic hydroxyl groups is 1. The number of rotatable bonds is 1. The van der Waals surface area contributed by atoms with Gasteiger partial charge in [0.1, 0.15) is 0 Å². The van der Waals surface area contributed by atoms with Gasteiger partial charge in [-0.15, -0.1) is 0 Å². The summed E-state index contributed by atoms with van der Waals surface area (Å²) in [5.74, 6) is 1.35. The number of carboxylic acid groups (broad SMARTS) is 1. The minimum Gasteiger partial charge on any atom is -0.481 e. The molecule has 2 unspecified atom stereocenters. The van der Waals surface area contributed by atoms with E-state index >= 15 is 0 Å². The van der Waals surface area contributed by atoms with Crippen LogP contribution in [0.1, 0.15) is 106 Å². The SMILES string of the molecule is C[C@H]1C2CC[C@]3(C)[C@@](C)(CC=C4[C@@H]5CC(C)(C)CC[C@]5(C(=O)O)CC[C@]43C)C2CC[C@@H]1O. The maximum atomic E-state index is 12.7. The normalized spacial score (nSPS) is 54.3. The Morgan fingerprint density at radius 1 is 0.969 bits per heavy atom. The number of hydrogen-bond donors (Lipinski definition) is 2. The van der Waals surface area contributed by atoms with E-state index in [-0.39, 0.29) is 33.7 Å². The fourth-order valence-electron chi connectivity index (χ4n) is 10.1. The van der Waals surface area contributed by atoms with Gasteiger partial charge in [0, 0.05) is 0 Å². The van der Waals surface area contributed by atoms with Gasteiger partial charge in [-0.25, -0.2) is 0 Å². The first-order chi connectivity index (χ1) is 14.8. The molecular formula is C29H46O3. The first-order valence-electron chi connectivity index (χ1n) is 13.4. The maximum Gasteiger partial charge on any atom is 0.310 e. The molecule has 0 spiro atoms. The van der Waals surface area contributed by atoms with E-state index in [0.717, 1.165) is 51.4 Å². The summed E-state index contributed by atoms with van der Waals surface area (Å²) in [5.41, 5.74) is 1.69. The van der Waals surface area contributed by atoms with Crippen LogP contribution in [0.5, 0.6) is 0 Å². The lowest BCUT2D eigenvalue weighted by atomic mass is 9.33. The van der Waals surface area contributed by atoms with Gasteiger partial charge in [-0.1, -0.05) is 53.2 Å². The maximum absolute atomic E-state index is 12.7. The second-order valence-corrected chi connectivity index (χ2v) is 14.1. The summed E-state index contributed by atoms with van der Waals surface area (Å²) in [5, 5.41) is 21.1. The van der Waals surface area contributed by atoms with Gasteiger partial charge in [0.25, 0.3) is 0 Å². The number of allylic oxidation sites excluding steroid dienone is 2. The molecule has 0 heterocycles. The summed E-state index contributed by atoms with van der Waals surface area (Å²) in [6.45, 7) is 14.6. The molecule has 0 radical (unpaired) electrons. The molecule has 5 aliphatic carbocycles. The molecule has 0 aromatic heterocycles. The van der Waals surface area contributed by atoms with Crippen molar-refractivity contribution in [2.24, 2.45) is 50.7 Å². The van der Waals surface area contributed by atoms with Crippen LogP contribution < -0.4 is 0 Å². The molecule has 180 valence electrons. The van der Waals surface area contributed by atoms with Crippen molar-refractivity contribution in [2.75, 3.05) is 0 Å². The molecule has 5 aliphatic rings. The van der Waals surface area contributed by atoms with Gasteiger partial charge in [-0.3, -0.25) is 4.79 Å².